The lowest BCUT2D eigenvalue weighted by Crippen LogP contribution is -2.64. The maximum Gasteiger partial charge on any atom is 0.0445 e. The summed E-state index contributed by atoms with van der Waals surface area (Å²) >= 11 is 0. The average Bonchev–Trinajstić information content (AvgIpc) is 2.21. The first kappa shape index (κ1) is 13.9. The maximum atomic E-state index is 8.98. The number of nitrogens with one attached hydrogen (secondary N) is 1. The van der Waals surface area contributed by atoms with Crippen LogP contribution in [0.2, 0.25) is 0 Å². The van der Waals surface area contributed by atoms with Crippen LogP contribution in [-0.4, -0.2) is 29.8 Å². The molecule has 96 valence electrons. The van der Waals surface area contributed by atoms with E-state index in [0.29, 0.717) is 12.6 Å². The van der Waals surface area contributed by atoms with Gasteiger partial charge in [-0.25, -0.2) is 0 Å². The highest BCUT2D eigenvalue weighted by Gasteiger charge is 2.45. The average molecular weight is 228 g/mol. The van der Waals surface area contributed by atoms with Crippen LogP contribution >= 0.6 is 0 Å². The van der Waals surface area contributed by atoms with Crippen LogP contribution < -0.4 is 11.1 Å². The number of aliphatic hydroxyl groups is 1. The van der Waals surface area contributed by atoms with Gasteiger partial charge in [0.15, 0.2) is 0 Å². The Morgan fingerprint density at radius 1 is 1.31 bits per heavy atom. The third kappa shape index (κ3) is 2.76. The predicted molar refractivity (Wildman–Crippen MR) is 68.3 cm³/mol. The maximum absolute atomic E-state index is 8.98. The van der Waals surface area contributed by atoms with Gasteiger partial charge < -0.3 is 16.2 Å². The van der Waals surface area contributed by atoms with E-state index < -0.39 is 0 Å². The minimum absolute atomic E-state index is 0.0554. The first-order valence-electron chi connectivity index (χ1n) is 6.56. The Hall–Kier alpha value is -0.120. The summed E-state index contributed by atoms with van der Waals surface area (Å²) in [6.45, 7) is 7.71. The van der Waals surface area contributed by atoms with Crippen LogP contribution in [0.4, 0.5) is 0 Å². The molecule has 0 amide bonds. The summed E-state index contributed by atoms with van der Waals surface area (Å²) in [7, 11) is 0. The Balaban J connectivity index is 2.74. The summed E-state index contributed by atoms with van der Waals surface area (Å²) in [6, 6.07) is 0.339. The quantitative estimate of drug-likeness (QED) is 0.670. The van der Waals surface area contributed by atoms with E-state index in [0.717, 1.165) is 12.8 Å². The number of rotatable bonds is 5. The molecule has 16 heavy (non-hydrogen) atoms. The monoisotopic (exact) mass is 228 g/mol. The fourth-order valence-electron chi connectivity index (χ4n) is 3.01. The van der Waals surface area contributed by atoms with E-state index >= 15 is 0 Å². The van der Waals surface area contributed by atoms with Crippen molar-refractivity contribution in [3.05, 3.63) is 0 Å². The minimum atomic E-state index is 0.0554. The van der Waals surface area contributed by atoms with E-state index in [2.05, 4.69) is 26.1 Å². The fourth-order valence-corrected chi connectivity index (χ4v) is 3.01. The van der Waals surface area contributed by atoms with Gasteiger partial charge in [-0.05, 0) is 31.6 Å². The van der Waals surface area contributed by atoms with Gasteiger partial charge in [-0.1, -0.05) is 26.7 Å². The molecule has 2 atom stereocenters. The molecule has 0 spiro atoms. The van der Waals surface area contributed by atoms with Crippen LogP contribution in [0.25, 0.3) is 0 Å². The molecule has 1 aliphatic rings. The molecule has 0 aromatic heterocycles. The lowest BCUT2D eigenvalue weighted by atomic mass is 9.63. The van der Waals surface area contributed by atoms with Crippen molar-refractivity contribution in [2.24, 2.45) is 11.1 Å². The van der Waals surface area contributed by atoms with E-state index in [1.165, 1.54) is 19.3 Å². The van der Waals surface area contributed by atoms with Crippen LogP contribution in [0, 0.1) is 5.41 Å². The summed E-state index contributed by atoms with van der Waals surface area (Å²) in [5.41, 5.74) is 6.34. The van der Waals surface area contributed by atoms with Crippen molar-refractivity contribution in [3.63, 3.8) is 0 Å². The summed E-state index contributed by atoms with van der Waals surface area (Å²) in [4.78, 5) is 0. The normalized spacial score (nSPS) is 31.3. The van der Waals surface area contributed by atoms with Gasteiger partial charge >= 0.3 is 0 Å². The van der Waals surface area contributed by atoms with Gasteiger partial charge in [-0.2, -0.15) is 0 Å². The molecular formula is C13H28N2O. The smallest absolute Gasteiger partial charge is 0.0445 e. The fraction of sp³-hybridized carbons (Fsp3) is 1.00. The number of aliphatic hydroxyl groups excluding tert-OH is 1. The Bertz CT molecular complexity index is 218. The first-order chi connectivity index (χ1) is 7.47. The molecule has 3 nitrogen and oxygen atoms in total. The number of nitrogens with two attached hydrogens (primary N) is 1. The SMILES string of the molecule is CC(CCO)NC1(CN)CCCCC1(C)C. The standard InChI is InChI=1S/C13H28N2O/c1-11(6-9-16)15-13(10-14)8-5-4-7-12(13,2)3/h11,15-16H,4-10,14H2,1-3H3. The van der Waals surface area contributed by atoms with Crippen LogP contribution in [0.5, 0.6) is 0 Å². The van der Waals surface area contributed by atoms with Gasteiger partial charge in [-0.15, -0.1) is 0 Å². The Morgan fingerprint density at radius 2 is 1.94 bits per heavy atom. The summed E-state index contributed by atoms with van der Waals surface area (Å²) in [5, 5.41) is 12.7. The van der Waals surface area contributed by atoms with Gasteiger partial charge in [0.2, 0.25) is 0 Å². The predicted octanol–water partition coefficient (Wildman–Crippen LogP) is 1.64. The summed E-state index contributed by atoms with van der Waals surface area (Å²) in [5.74, 6) is 0. The molecular weight excluding hydrogens is 200 g/mol. The summed E-state index contributed by atoms with van der Waals surface area (Å²) in [6.07, 6.45) is 5.78. The van der Waals surface area contributed by atoms with Crippen LogP contribution in [-0.2, 0) is 0 Å². The molecule has 0 aliphatic heterocycles. The molecule has 3 heteroatoms. The molecule has 0 aromatic carbocycles. The number of hydrogen-bond acceptors (Lipinski definition) is 3. The van der Waals surface area contributed by atoms with Gasteiger partial charge in [-0.3, -0.25) is 0 Å². The largest absolute Gasteiger partial charge is 0.396 e. The Labute approximate surface area is 99.8 Å². The van der Waals surface area contributed by atoms with Crippen LogP contribution in [0.3, 0.4) is 0 Å². The molecule has 0 bridgehead atoms. The third-order valence-electron chi connectivity index (χ3n) is 4.38. The van der Waals surface area contributed by atoms with E-state index in [4.69, 9.17) is 10.8 Å². The zero-order chi connectivity index (χ0) is 12.2. The minimum Gasteiger partial charge on any atom is -0.396 e. The molecule has 0 heterocycles. The zero-order valence-electron chi connectivity index (χ0n) is 11.1. The van der Waals surface area contributed by atoms with E-state index in [-0.39, 0.29) is 17.6 Å². The second-order valence-corrected chi connectivity index (χ2v) is 5.93. The zero-order valence-corrected chi connectivity index (χ0v) is 11.1. The molecule has 0 aromatic rings. The van der Waals surface area contributed by atoms with Gasteiger partial charge in [0.1, 0.15) is 0 Å². The lowest BCUT2D eigenvalue weighted by molar-refractivity contribution is 0.0561. The molecule has 2 unspecified atom stereocenters. The molecule has 1 saturated carbocycles. The third-order valence-corrected chi connectivity index (χ3v) is 4.38. The molecule has 0 radical (unpaired) electrons. The van der Waals surface area contributed by atoms with Crippen molar-refractivity contribution in [1.29, 1.82) is 0 Å². The van der Waals surface area contributed by atoms with Crippen molar-refractivity contribution in [2.75, 3.05) is 13.2 Å². The van der Waals surface area contributed by atoms with Crippen molar-refractivity contribution < 1.29 is 5.11 Å². The molecule has 0 saturated heterocycles. The Morgan fingerprint density at radius 3 is 2.44 bits per heavy atom. The lowest BCUT2D eigenvalue weighted by Gasteiger charge is -2.52. The number of hydrogen-bond donors (Lipinski definition) is 3. The highest BCUT2D eigenvalue weighted by Crippen LogP contribution is 2.43. The highest BCUT2D eigenvalue weighted by atomic mass is 16.3. The van der Waals surface area contributed by atoms with Crippen LogP contribution in [0.1, 0.15) is 52.9 Å². The van der Waals surface area contributed by atoms with Gasteiger partial charge in [0.25, 0.3) is 0 Å². The first-order valence-corrected chi connectivity index (χ1v) is 6.56. The second kappa shape index (κ2) is 5.48. The van der Waals surface area contributed by atoms with Crippen molar-refractivity contribution in [3.8, 4) is 0 Å². The molecule has 4 N–H and O–H groups in total. The second-order valence-electron chi connectivity index (χ2n) is 5.93. The van der Waals surface area contributed by atoms with Gasteiger partial charge in [0, 0.05) is 24.7 Å². The van der Waals surface area contributed by atoms with Crippen molar-refractivity contribution >= 4 is 0 Å². The highest BCUT2D eigenvalue weighted by molar-refractivity contribution is 5.04. The van der Waals surface area contributed by atoms with Crippen molar-refractivity contribution in [2.45, 2.75) is 64.5 Å². The topological polar surface area (TPSA) is 58.3 Å². The van der Waals surface area contributed by atoms with Gasteiger partial charge in [0.05, 0.1) is 0 Å². The van der Waals surface area contributed by atoms with E-state index in [9.17, 15) is 0 Å². The van der Waals surface area contributed by atoms with E-state index in [1.807, 2.05) is 0 Å². The molecule has 1 aliphatic carbocycles. The van der Waals surface area contributed by atoms with E-state index in [1.54, 1.807) is 0 Å². The Kier molecular flexibility index (Phi) is 4.77. The van der Waals surface area contributed by atoms with Crippen molar-refractivity contribution in [1.82, 2.24) is 5.32 Å². The van der Waals surface area contributed by atoms with Crippen LogP contribution in [0.15, 0.2) is 0 Å². The molecule has 1 fully saturated rings. The molecule has 1 rings (SSSR count). The summed E-state index contributed by atoms with van der Waals surface area (Å²) < 4.78 is 0.